The number of nitro benzene ring substituents is 1. The fourth-order valence-electron chi connectivity index (χ4n) is 1.41. The van der Waals surface area contributed by atoms with Gasteiger partial charge in [-0.1, -0.05) is 23.7 Å². The van der Waals surface area contributed by atoms with Crippen molar-refractivity contribution in [2.75, 3.05) is 5.43 Å². The van der Waals surface area contributed by atoms with Crippen LogP contribution < -0.4 is 5.43 Å². The Kier molecular flexibility index (Phi) is 4.10. The minimum Gasteiger partial charge on any atom is -0.277 e. The zero-order valence-corrected chi connectivity index (χ0v) is 10.5. The molecule has 0 unspecified atom stereocenters. The number of anilines is 1. The highest BCUT2D eigenvalue weighted by atomic mass is 35.5. The van der Waals surface area contributed by atoms with Gasteiger partial charge in [0.2, 0.25) is 0 Å². The predicted octanol–water partition coefficient (Wildman–Crippen LogP) is 3.69. The highest BCUT2D eigenvalue weighted by Crippen LogP contribution is 2.20. The Balaban J connectivity index is 2.03. The Hall–Kier alpha value is -2.40. The summed E-state index contributed by atoms with van der Waals surface area (Å²) in [5.41, 5.74) is 4.31. The van der Waals surface area contributed by atoms with Crippen LogP contribution in [0.25, 0.3) is 0 Å². The second-order valence-electron chi connectivity index (χ2n) is 3.70. The molecular formula is C13H10ClN3O2. The number of nitrogens with zero attached hydrogens (tertiary/aromatic N) is 2. The quantitative estimate of drug-likeness (QED) is 0.525. The van der Waals surface area contributed by atoms with Gasteiger partial charge in [0.25, 0.3) is 5.69 Å². The van der Waals surface area contributed by atoms with E-state index in [4.69, 9.17) is 11.6 Å². The number of rotatable bonds is 4. The van der Waals surface area contributed by atoms with Crippen molar-refractivity contribution in [3.63, 3.8) is 0 Å². The number of non-ortho nitro benzene ring substituents is 1. The van der Waals surface area contributed by atoms with E-state index in [1.807, 2.05) is 12.1 Å². The molecule has 1 N–H and O–H groups in total. The maximum atomic E-state index is 10.5. The van der Waals surface area contributed by atoms with Gasteiger partial charge >= 0.3 is 0 Å². The van der Waals surface area contributed by atoms with E-state index >= 15 is 0 Å². The maximum Gasteiger partial charge on any atom is 0.269 e. The Morgan fingerprint density at radius 1 is 1.16 bits per heavy atom. The monoisotopic (exact) mass is 275 g/mol. The van der Waals surface area contributed by atoms with Gasteiger partial charge in [-0.2, -0.15) is 5.10 Å². The lowest BCUT2D eigenvalue weighted by molar-refractivity contribution is -0.384. The Bertz CT molecular complexity index is 612. The second-order valence-corrected chi connectivity index (χ2v) is 4.11. The molecule has 6 heteroatoms. The molecule has 0 radical (unpaired) electrons. The summed E-state index contributed by atoms with van der Waals surface area (Å²) < 4.78 is 0. The van der Waals surface area contributed by atoms with Crippen LogP contribution >= 0.6 is 11.6 Å². The van der Waals surface area contributed by atoms with Crippen LogP contribution in [0.3, 0.4) is 0 Å². The summed E-state index contributed by atoms with van der Waals surface area (Å²) in [5.74, 6) is 0. The summed E-state index contributed by atoms with van der Waals surface area (Å²) in [4.78, 5) is 10.1. The molecule has 0 spiro atoms. The van der Waals surface area contributed by atoms with E-state index in [0.717, 1.165) is 5.56 Å². The lowest BCUT2D eigenvalue weighted by Crippen LogP contribution is -1.92. The second kappa shape index (κ2) is 5.97. The zero-order valence-electron chi connectivity index (χ0n) is 9.79. The minimum atomic E-state index is -0.442. The number of nitro groups is 1. The number of hydrazone groups is 1. The largest absolute Gasteiger partial charge is 0.277 e. The van der Waals surface area contributed by atoms with Gasteiger partial charge in [0, 0.05) is 12.1 Å². The summed E-state index contributed by atoms with van der Waals surface area (Å²) in [6.07, 6.45) is 1.56. The lowest BCUT2D eigenvalue weighted by Gasteiger charge is -2.01. The highest BCUT2D eigenvalue weighted by Gasteiger charge is 2.02. The molecule has 0 atom stereocenters. The fraction of sp³-hybridized carbons (Fsp3) is 0. The smallest absolute Gasteiger partial charge is 0.269 e. The molecule has 0 aliphatic rings. The van der Waals surface area contributed by atoms with Crippen molar-refractivity contribution in [3.05, 3.63) is 69.2 Å². The first-order valence-electron chi connectivity index (χ1n) is 5.45. The molecule has 2 aromatic rings. The van der Waals surface area contributed by atoms with E-state index < -0.39 is 4.92 Å². The third-order valence-electron chi connectivity index (χ3n) is 2.38. The number of hydrogen-bond acceptors (Lipinski definition) is 4. The van der Waals surface area contributed by atoms with E-state index in [2.05, 4.69) is 10.5 Å². The Morgan fingerprint density at radius 2 is 1.84 bits per heavy atom. The number of halogens is 1. The first-order chi connectivity index (χ1) is 9.16. The molecule has 0 aromatic heterocycles. The molecule has 0 saturated heterocycles. The minimum absolute atomic E-state index is 0.0520. The van der Waals surface area contributed by atoms with Crippen molar-refractivity contribution < 1.29 is 4.92 Å². The van der Waals surface area contributed by atoms with E-state index in [-0.39, 0.29) is 5.69 Å². The lowest BCUT2D eigenvalue weighted by atomic mass is 10.2. The van der Waals surface area contributed by atoms with Crippen LogP contribution in [0.1, 0.15) is 5.56 Å². The summed E-state index contributed by atoms with van der Waals surface area (Å²) in [6, 6.07) is 13.3. The van der Waals surface area contributed by atoms with Crippen LogP contribution in [0, 0.1) is 10.1 Å². The molecule has 2 rings (SSSR count). The van der Waals surface area contributed by atoms with Crippen LogP contribution in [0.2, 0.25) is 5.02 Å². The molecule has 0 amide bonds. The van der Waals surface area contributed by atoms with Gasteiger partial charge < -0.3 is 0 Å². The van der Waals surface area contributed by atoms with Gasteiger partial charge in [-0.25, -0.2) is 0 Å². The number of nitrogens with one attached hydrogen (secondary N) is 1. The standard InChI is InChI=1S/C13H10ClN3O2/c14-12-3-1-2-4-13(12)16-15-9-10-5-7-11(8-6-10)17(18)19/h1-9,16H/b15-9+. The normalized spacial score (nSPS) is 10.6. The Morgan fingerprint density at radius 3 is 2.47 bits per heavy atom. The zero-order chi connectivity index (χ0) is 13.7. The van der Waals surface area contributed by atoms with Crippen LogP contribution in [-0.2, 0) is 0 Å². The third kappa shape index (κ3) is 3.53. The van der Waals surface area contributed by atoms with Crippen molar-refractivity contribution in [2.45, 2.75) is 0 Å². The van der Waals surface area contributed by atoms with Gasteiger partial charge in [0.15, 0.2) is 0 Å². The van der Waals surface area contributed by atoms with Crippen LogP contribution in [-0.4, -0.2) is 11.1 Å². The summed E-state index contributed by atoms with van der Waals surface area (Å²) in [5, 5.41) is 15.1. The Labute approximate surface area is 114 Å². The molecule has 2 aromatic carbocycles. The van der Waals surface area contributed by atoms with E-state index in [0.29, 0.717) is 10.7 Å². The first kappa shape index (κ1) is 13.0. The average Bonchev–Trinajstić information content (AvgIpc) is 2.41. The highest BCUT2D eigenvalue weighted by molar-refractivity contribution is 6.33. The van der Waals surface area contributed by atoms with E-state index in [9.17, 15) is 10.1 Å². The van der Waals surface area contributed by atoms with Crippen molar-refractivity contribution in [2.24, 2.45) is 5.10 Å². The number of benzene rings is 2. The van der Waals surface area contributed by atoms with Crippen molar-refractivity contribution in [1.29, 1.82) is 0 Å². The van der Waals surface area contributed by atoms with Gasteiger partial charge in [-0.15, -0.1) is 0 Å². The first-order valence-corrected chi connectivity index (χ1v) is 5.82. The van der Waals surface area contributed by atoms with Crippen LogP contribution in [0.5, 0.6) is 0 Å². The molecule has 96 valence electrons. The van der Waals surface area contributed by atoms with Gasteiger partial charge in [0.05, 0.1) is 21.8 Å². The SMILES string of the molecule is O=[N+]([O-])c1ccc(/C=N/Nc2ccccc2Cl)cc1. The molecule has 0 heterocycles. The van der Waals surface area contributed by atoms with Crippen molar-refractivity contribution >= 4 is 29.2 Å². The van der Waals surface area contributed by atoms with Gasteiger partial charge in [-0.05, 0) is 29.8 Å². The molecule has 0 aliphatic heterocycles. The molecule has 5 nitrogen and oxygen atoms in total. The predicted molar refractivity (Wildman–Crippen MR) is 75.8 cm³/mol. The topological polar surface area (TPSA) is 67.5 Å². The molecular weight excluding hydrogens is 266 g/mol. The fourth-order valence-corrected chi connectivity index (χ4v) is 1.59. The molecule has 0 aliphatic carbocycles. The van der Waals surface area contributed by atoms with Crippen molar-refractivity contribution in [3.8, 4) is 0 Å². The summed E-state index contributed by atoms with van der Waals surface area (Å²) in [7, 11) is 0. The number of hydrogen-bond donors (Lipinski definition) is 1. The van der Waals surface area contributed by atoms with E-state index in [1.54, 1.807) is 30.5 Å². The average molecular weight is 276 g/mol. The van der Waals surface area contributed by atoms with E-state index in [1.165, 1.54) is 12.1 Å². The van der Waals surface area contributed by atoms with Gasteiger partial charge in [0.1, 0.15) is 0 Å². The summed E-state index contributed by atoms with van der Waals surface area (Å²) in [6.45, 7) is 0. The molecule has 19 heavy (non-hydrogen) atoms. The molecule has 0 saturated carbocycles. The van der Waals surface area contributed by atoms with Crippen LogP contribution in [0.15, 0.2) is 53.6 Å². The maximum absolute atomic E-state index is 10.5. The number of para-hydroxylation sites is 1. The van der Waals surface area contributed by atoms with Gasteiger partial charge in [-0.3, -0.25) is 15.5 Å². The third-order valence-corrected chi connectivity index (χ3v) is 2.71. The summed E-state index contributed by atoms with van der Waals surface area (Å²) >= 11 is 5.95. The van der Waals surface area contributed by atoms with Crippen molar-refractivity contribution in [1.82, 2.24) is 0 Å². The molecule has 0 bridgehead atoms. The molecule has 0 fully saturated rings. The van der Waals surface area contributed by atoms with Crippen LogP contribution in [0.4, 0.5) is 11.4 Å².